The minimum Gasteiger partial charge on any atom is -0.748 e. The molecule has 218 valence electrons. The Morgan fingerprint density at radius 2 is 1.45 bits per heavy atom. The molecule has 2 heterocycles. The van der Waals surface area contributed by atoms with Crippen molar-refractivity contribution in [3.8, 4) is 5.75 Å². The number of benzene rings is 2. The molecule has 0 unspecified atom stereocenters. The van der Waals surface area contributed by atoms with Crippen molar-refractivity contribution in [2.45, 2.75) is 46.0 Å². The van der Waals surface area contributed by atoms with Crippen LogP contribution in [0.3, 0.4) is 0 Å². The Balaban J connectivity index is 0.00000484. The van der Waals surface area contributed by atoms with Crippen LogP contribution in [-0.4, -0.2) is 65.1 Å². The van der Waals surface area contributed by atoms with E-state index in [2.05, 4.69) is 0 Å². The summed E-state index contributed by atoms with van der Waals surface area (Å²) in [4.78, 5) is 31.3. The van der Waals surface area contributed by atoms with E-state index in [0.29, 0.717) is 24.7 Å². The molecule has 2 aliphatic rings. The molecule has 0 radical (unpaired) electrons. The van der Waals surface area contributed by atoms with Crippen molar-refractivity contribution in [2.75, 3.05) is 30.3 Å². The van der Waals surface area contributed by atoms with Gasteiger partial charge in [-0.05, 0) is 55.1 Å². The Morgan fingerprint density at radius 3 is 2.07 bits per heavy atom. The van der Waals surface area contributed by atoms with Gasteiger partial charge in [-0.1, -0.05) is 69.2 Å². The molecular weight excluding hydrogens is 585 g/mol. The third-order valence-electron chi connectivity index (χ3n) is 6.89. The zero-order chi connectivity index (χ0) is 29.6. The summed E-state index contributed by atoms with van der Waals surface area (Å²) >= 11 is 5.51. The van der Waals surface area contributed by atoms with Crippen LogP contribution >= 0.6 is 12.2 Å². The number of ether oxygens (including phenoxy) is 1. The second kappa shape index (κ2) is 15.3. The number of rotatable bonds is 12. The maximum absolute atomic E-state index is 13.2. The van der Waals surface area contributed by atoms with Crippen LogP contribution in [0.25, 0.3) is 10.8 Å². The van der Waals surface area contributed by atoms with Gasteiger partial charge in [-0.2, -0.15) is 0 Å². The van der Waals surface area contributed by atoms with Crippen molar-refractivity contribution < 1.29 is 56.9 Å². The van der Waals surface area contributed by atoms with Gasteiger partial charge < -0.3 is 14.2 Å². The molecule has 12 heteroatoms. The second-order valence-corrected chi connectivity index (χ2v) is 11.8. The Hall–Kier alpha value is -2.54. The molecule has 42 heavy (non-hydrogen) atoms. The third-order valence-corrected chi connectivity index (χ3v) is 8.12. The standard InChI is InChI=1S/C30H35N3O6S2.Na/c1-3-5-18-32-28(34)24(29(35)33(30(32)40)19-6-4-2)14-9-10-15-26-31(20-11-21-41(36,37)38)27-23-13-8-7-12-22(23)16-17-25(27)39-26;/h7-10,12-17H,3-6,11,18-21H2,1-2H3,(H,36,37,38);/q;+1/p-1/b10-9+,26-15-;. The van der Waals surface area contributed by atoms with Gasteiger partial charge in [0.15, 0.2) is 10.9 Å². The normalized spacial score (nSPS) is 16.5. The first-order valence-electron chi connectivity index (χ1n) is 13.8. The van der Waals surface area contributed by atoms with E-state index in [1.807, 2.05) is 55.1 Å². The zero-order valence-electron chi connectivity index (χ0n) is 24.2. The Kier molecular flexibility index (Phi) is 12.3. The Morgan fingerprint density at radius 1 is 0.857 bits per heavy atom. The van der Waals surface area contributed by atoms with Crippen LogP contribution in [0.5, 0.6) is 5.75 Å². The van der Waals surface area contributed by atoms with Crippen molar-refractivity contribution in [3.05, 3.63) is 72.2 Å². The van der Waals surface area contributed by atoms with Crippen LogP contribution < -0.4 is 39.2 Å². The number of hydrogen-bond donors (Lipinski definition) is 0. The van der Waals surface area contributed by atoms with Gasteiger partial charge in [-0.15, -0.1) is 0 Å². The number of hydrogen-bond acceptors (Lipinski definition) is 8. The molecule has 2 aromatic rings. The fourth-order valence-corrected chi connectivity index (χ4v) is 5.61. The monoisotopic (exact) mass is 619 g/mol. The first kappa shape index (κ1) is 34.0. The number of carbonyl (C=O) groups excluding carboxylic acids is 2. The average molecular weight is 620 g/mol. The van der Waals surface area contributed by atoms with Crippen LogP contribution in [0.15, 0.2) is 72.2 Å². The van der Waals surface area contributed by atoms with E-state index in [1.54, 1.807) is 18.2 Å². The first-order chi connectivity index (χ1) is 19.7. The van der Waals surface area contributed by atoms with Crippen molar-refractivity contribution in [1.82, 2.24) is 9.80 Å². The molecule has 0 atom stereocenters. The Bertz CT molecular complexity index is 1500. The summed E-state index contributed by atoms with van der Waals surface area (Å²) in [5.41, 5.74) is 0.827. The van der Waals surface area contributed by atoms with Crippen molar-refractivity contribution in [3.63, 3.8) is 0 Å². The molecule has 4 rings (SSSR count). The van der Waals surface area contributed by atoms with Crippen LogP contribution in [0.2, 0.25) is 0 Å². The molecule has 0 bridgehead atoms. The molecule has 0 aromatic heterocycles. The zero-order valence-corrected chi connectivity index (χ0v) is 27.9. The van der Waals surface area contributed by atoms with Crippen LogP contribution in [0, 0.1) is 0 Å². The molecule has 9 nitrogen and oxygen atoms in total. The minimum absolute atomic E-state index is 0. The summed E-state index contributed by atoms with van der Waals surface area (Å²) in [6, 6.07) is 11.6. The Labute approximate surface area is 274 Å². The molecule has 0 aliphatic carbocycles. The summed E-state index contributed by atoms with van der Waals surface area (Å²) in [6.45, 7) is 5.20. The topological polar surface area (TPSA) is 110 Å². The quantitative estimate of drug-likeness (QED) is 0.117. The maximum Gasteiger partial charge on any atom is 1.00 e. The van der Waals surface area contributed by atoms with E-state index in [0.717, 1.165) is 42.1 Å². The number of unbranched alkanes of at least 4 members (excludes halogenated alkanes) is 2. The van der Waals surface area contributed by atoms with E-state index in [-0.39, 0.29) is 53.2 Å². The van der Waals surface area contributed by atoms with Crippen LogP contribution in [-0.2, 0) is 19.7 Å². The summed E-state index contributed by atoms with van der Waals surface area (Å²) in [5, 5.41) is 2.17. The summed E-state index contributed by atoms with van der Waals surface area (Å²) in [6.07, 6.45) is 9.87. The van der Waals surface area contributed by atoms with E-state index >= 15 is 0 Å². The van der Waals surface area contributed by atoms with Gasteiger partial charge in [0.25, 0.3) is 11.8 Å². The third kappa shape index (κ3) is 7.89. The molecule has 0 saturated carbocycles. The van der Waals surface area contributed by atoms with E-state index in [4.69, 9.17) is 17.0 Å². The number of anilines is 1. The van der Waals surface area contributed by atoms with Gasteiger partial charge in [0.2, 0.25) is 5.88 Å². The SMILES string of the molecule is CCCCN1C(=O)C(=C/C=C/C=C2\Oc3ccc4ccccc4c3N2CCCS(=O)(=O)[O-])C(=O)N(CCCC)C1=S.[Na+]. The molecule has 1 fully saturated rings. The molecular formula is C30H34N3NaO6S2. The van der Waals surface area contributed by atoms with Crippen LogP contribution in [0.1, 0.15) is 46.0 Å². The van der Waals surface area contributed by atoms with Gasteiger partial charge in [0.1, 0.15) is 5.57 Å². The maximum atomic E-state index is 13.2. The molecule has 1 saturated heterocycles. The number of allylic oxidation sites excluding steroid dienone is 4. The summed E-state index contributed by atoms with van der Waals surface area (Å²) < 4.78 is 39.8. The summed E-state index contributed by atoms with van der Waals surface area (Å²) in [7, 11) is -4.36. The van der Waals surface area contributed by atoms with E-state index < -0.39 is 27.7 Å². The average Bonchev–Trinajstić information content (AvgIpc) is 3.29. The molecule has 2 aromatic carbocycles. The fraction of sp³-hybridized carbons (Fsp3) is 0.367. The molecule has 0 spiro atoms. The molecule has 2 aliphatic heterocycles. The fourth-order valence-electron chi connectivity index (χ4n) is 4.78. The molecule has 0 N–H and O–H groups in total. The minimum atomic E-state index is -4.36. The van der Waals surface area contributed by atoms with Crippen molar-refractivity contribution in [2.24, 2.45) is 0 Å². The smallest absolute Gasteiger partial charge is 0.748 e. The van der Waals surface area contributed by atoms with Gasteiger partial charge in [0, 0.05) is 30.8 Å². The van der Waals surface area contributed by atoms with Crippen molar-refractivity contribution in [1.29, 1.82) is 0 Å². The van der Waals surface area contributed by atoms with E-state index in [1.165, 1.54) is 15.9 Å². The number of thiocarbonyl (C=S) groups is 1. The van der Waals surface area contributed by atoms with E-state index in [9.17, 15) is 22.6 Å². The van der Waals surface area contributed by atoms with Crippen LogP contribution in [0.4, 0.5) is 5.69 Å². The van der Waals surface area contributed by atoms with Gasteiger partial charge in [-0.3, -0.25) is 19.4 Å². The number of fused-ring (bicyclic) bond motifs is 3. The number of amides is 2. The first-order valence-corrected chi connectivity index (χ1v) is 15.8. The van der Waals surface area contributed by atoms with Gasteiger partial charge in [-0.25, -0.2) is 8.42 Å². The molecule has 2 amide bonds. The predicted octanol–water partition coefficient (Wildman–Crippen LogP) is 1.86. The largest absolute Gasteiger partial charge is 1.00 e. The van der Waals surface area contributed by atoms with Gasteiger partial charge >= 0.3 is 29.6 Å². The number of carbonyl (C=O) groups is 2. The predicted molar refractivity (Wildman–Crippen MR) is 162 cm³/mol. The van der Waals surface area contributed by atoms with Gasteiger partial charge in [0.05, 0.1) is 15.8 Å². The van der Waals surface area contributed by atoms with Crippen molar-refractivity contribution >= 4 is 55.7 Å². The summed E-state index contributed by atoms with van der Waals surface area (Å²) in [5.74, 6) is -0.264. The second-order valence-electron chi connectivity index (χ2n) is 9.88. The number of nitrogens with zero attached hydrogens (tertiary/aromatic N) is 3.